The lowest BCUT2D eigenvalue weighted by molar-refractivity contribution is 0.0189. The number of hydrogen-bond donors (Lipinski definition) is 1. The zero-order valence-corrected chi connectivity index (χ0v) is 16.2. The predicted molar refractivity (Wildman–Crippen MR) is 105 cm³/mol. The van der Waals surface area contributed by atoms with Crippen LogP contribution in [-0.4, -0.2) is 64.9 Å². The third kappa shape index (κ3) is 3.44. The second kappa shape index (κ2) is 7.37. The van der Waals surface area contributed by atoms with E-state index in [1.165, 1.54) is 4.68 Å². The molecule has 2 aromatic rings. The van der Waals surface area contributed by atoms with Crippen LogP contribution in [0.4, 0.5) is 5.69 Å². The van der Waals surface area contributed by atoms with Crippen LogP contribution in [0.5, 0.6) is 0 Å². The molecule has 0 radical (unpaired) electrons. The van der Waals surface area contributed by atoms with E-state index in [4.69, 9.17) is 34.8 Å². The van der Waals surface area contributed by atoms with Gasteiger partial charge in [-0.1, -0.05) is 34.8 Å². The molecule has 5 rings (SSSR count). The maximum Gasteiger partial charge on any atom is 0.292 e. The van der Waals surface area contributed by atoms with Gasteiger partial charge in [-0.2, -0.15) is 9.78 Å². The first-order valence-electron chi connectivity index (χ1n) is 8.46. The van der Waals surface area contributed by atoms with Gasteiger partial charge in [0.2, 0.25) is 0 Å². The standard InChI is InChI=1S/C17H18Cl3N5O/c18-11-1-2-15(13(19)7-11)25-17(26)16(20)14(9-22-25)21-8-12-10-23-3-5-24(12)6-4-23/h1-2,7,9,12,21H,3-6,8,10H2. The first-order chi connectivity index (χ1) is 12.5. The summed E-state index contributed by atoms with van der Waals surface area (Å²) in [5.74, 6) is 0. The summed E-state index contributed by atoms with van der Waals surface area (Å²) >= 11 is 18.4. The minimum absolute atomic E-state index is 0.0993. The first-order valence-corrected chi connectivity index (χ1v) is 9.60. The lowest BCUT2D eigenvalue weighted by Gasteiger charge is -2.47. The van der Waals surface area contributed by atoms with Gasteiger partial charge >= 0.3 is 0 Å². The molecule has 2 bridgehead atoms. The second-order valence-electron chi connectivity index (χ2n) is 6.56. The van der Waals surface area contributed by atoms with Crippen molar-refractivity contribution in [1.82, 2.24) is 19.6 Å². The van der Waals surface area contributed by atoms with Crippen LogP contribution in [0.1, 0.15) is 0 Å². The van der Waals surface area contributed by atoms with Gasteiger partial charge in [0.15, 0.2) is 0 Å². The Morgan fingerprint density at radius 3 is 2.58 bits per heavy atom. The molecule has 1 aromatic carbocycles. The SMILES string of the molecule is O=c1c(Cl)c(NCC2CN3CCN2CC3)cnn1-c1ccc(Cl)cc1Cl. The van der Waals surface area contributed by atoms with Gasteiger partial charge in [0, 0.05) is 50.3 Å². The number of rotatable bonds is 4. The van der Waals surface area contributed by atoms with Crippen molar-refractivity contribution in [3.05, 3.63) is 49.8 Å². The fraction of sp³-hybridized carbons (Fsp3) is 0.412. The van der Waals surface area contributed by atoms with Crippen molar-refractivity contribution in [1.29, 1.82) is 0 Å². The molecular weight excluding hydrogens is 397 g/mol. The lowest BCUT2D eigenvalue weighted by atomic mass is 10.1. The number of aromatic nitrogens is 2. The normalized spacial score (nSPS) is 24.7. The molecule has 0 amide bonds. The molecule has 1 atom stereocenters. The van der Waals surface area contributed by atoms with Gasteiger partial charge in [-0.15, -0.1) is 0 Å². The van der Waals surface area contributed by atoms with Crippen LogP contribution in [-0.2, 0) is 0 Å². The molecule has 1 aromatic heterocycles. The van der Waals surface area contributed by atoms with Crippen molar-refractivity contribution >= 4 is 40.5 Å². The van der Waals surface area contributed by atoms with Crippen molar-refractivity contribution in [2.24, 2.45) is 0 Å². The van der Waals surface area contributed by atoms with Crippen molar-refractivity contribution < 1.29 is 0 Å². The summed E-state index contributed by atoms with van der Waals surface area (Å²) in [5.41, 5.74) is 0.559. The zero-order chi connectivity index (χ0) is 18.3. The minimum atomic E-state index is -0.421. The van der Waals surface area contributed by atoms with E-state index in [1.54, 1.807) is 24.4 Å². The quantitative estimate of drug-likeness (QED) is 0.833. The fourth-order valence-electron chi connectivity index (χ4n) is 3.53. The van der Waals surface area contributed by atoms with Crippen molar-refractivity contribution in [2.75, 3.05) is 44.6 Å². The highest BCUT2D eigenvalue weighted by Gasteiger charge is 2.31. The third-order valence-electron chi connectivity index (χ3n) is 4.98. The van der Waals surface area contributed by atoms with E-state index in [-0.39, 0.29) is 5.02 Å². The number of anilines is 1. The summed E-state index contributed by atoms with van der Waals surface area (Å²) in [6, 6.07) is 5.28. The highest BCUT2D eigenvalue weighted by molar-refractivity contribution is 6.36. The molecule has 1 unspecified atom stereocenters. The van der Waals surface area contributed by atoms with Gasteiger partial charge in [0.25, 0.3) is 5.56 Å². The summed E-state index contributed by atoms with van der Waals surface area (Å²) < 4.78 is 1.18. The Kier molecular flexibility index (Phi) is 5.12. The maximum absolute atomic E-state index is 12.6. The highest BCUT2D eigenvalue weighted by atomic mass is 35.5. The Bertz CT molecular complexity index is 879. The first kappa shape index (κ1) is 18.1. The molecule has 4 heterocycles. The molecule has 1 N–H and O–H groups in total. The Balaban J connectivity index is 1.53. The topological polar surface area (TPSA) is 53.4 Å². The van der Waals surface area contributed by atoms with Gasteiger partial charge < -0.3 is 5.32 Å². The fourth-order valence-corrected chi connectivity index (χ4v) is 4.21. The van der Waals surface area contributed by atoms with Crippen LogP contribution in [0.15, 0.2) is 29.2 Å². The number of halogens is 3. The number of nitrogens with one attached hydrogen (secondary N) is 1. The molecule has 26 heavy (non-hydrogen) atoms. The predicted octanol–water partition coefficient (Wildman–Crippen LogP) is 2.60. The van der Waals surface area contributed by atoms with E-state index in [9.17, 15) is 4.79 Å². The average Bonchev–Trinajstić information content (AvgIpc) is 2.65. The Labute approximate surface area is 166 Å². The molecule has 6 nitrogen and oxygen atoms in total. The van der Waals surface area contributed by atoms with Crippen LogP contribution in [0.2, 0.25) is 15.1 Å². The lowest BCUT2D eigenvalue weighted by Crippen LogP contribution is -2.62. The number of hydrogen-bond acceptors (Lipinski definition) is 5. The van der Waals surface area contributed by atoms with Crippen molar-refractivity contribution in [3.8, 4) is 5.69 Å². The van der Waals surface area contributed by atoms with Gasteiger partial charge in [0.05, 0.1) is 22.6 Å². The van der Waals surface area contributed by atoms with Gasteiger partial charge in [-0.25, -0.2) is 0 Å². The minimum Gasteiger partial charge on any atom is -0.381 e. The van der Waals surface area contributed by atoms with E-state index >= 15 is 0 Å². The number of benzene rings is 1. The van der Waals surface area contributed by atoms with E-state index < -0.39 is 5.56 Å². The maximum atomic E-state index is 12.6. The summed E-state index contributed by atoms with van der Waals surface area (Å²) in [6.07, 6.45) is 1.56. The van der Waals surface area contributed by atoms with Crippen LogP contribution < -0.4 is 10.9 Å². The number of nitrogens with zero attached hydrogens (tertiary/aromatic N) is 4. The van der Waals surface area contributed by atoms with Crippen LogP contribution in [0.3, 0.4) is 0 Å². The average molecular weight is 415 g/mol. The summed E-state index contributed by atoms with van der Waals surface area (Å²) in [4.78, 5) is 17.6. The molecule has 3 fully saturated rings. The van der Waals surface area contributed by atoms with Crippen LogP contribution >= 0.6 is 34.8 Å². The van der Waals surface area contributed by atoms with Crippen LogP contribution in [0.25, 0.3) is 5.69 Å². The molecule has 138 valence electrons. The molecule has 3 saturated heterocycles. The molecule has 0 spiro atoms. The summed E-state index contributed by atoms with van der Waals surface area (Å²) in [5, 5.41) is 8.42. The highest BCUT2D eigenvalue weighted by Crippen LogP contribution is 2.24. The van der Waals surface area contributed by atoms with E-state index in [0.29, 0.717) is 27.5 Å². The van der Waals surface area contributed by atoms with E-state index in [0.717, 1.165) is 39.3 Å². The monoisotopic (exact) mass is 413 g/mol. The number of piperazine rings is 3. The smallest absolute Gasteiger partial charge is 0.292 e. The summed E-state index contributed by atoms with van der Waals surface area (Å²) in [6.45, 7) is 6.22. The summed E-state index contributed by atoms with van der Waals surface area (Å²) in [7, 11) is 0. The van der Waals surface area contributed by atoms with Crippen molar-refractivity contribution in [2.45, 2.75) is 6.04 Å². The largest absolute Gasteiger partial charge is 0.381 e. The molecule has 0 aliphatic carbocycles. The van der Waals surface area contributed by atoms with Gasteiger partial charge in [-0.3, -0.25) is 14.6 Å². The van der Waals surface area contributed by atoms with E-state index in [1.807, 2.05) is 0 Å². The zero-order valence-electron chi connectivity index (χ0n) is 14.0. The Morgan fingerprint density at radius 2 is 1.92 bits per heavy atom. The number of fused-ring (bicyclic) bond motifs is 3. The van der Waals surface area contributed by atoms with Crippen molar-refractivity contribution in [3.63, 3.8) is 0 Å². The molecule has 9 heteroatoms. The van der Waals surface area contributed by atoms with Gasteiger partial charge in [0.1, 0.15) is 5.02 Å². The molecule has 3 aliphatic heterocycles. The Hall–Kier alpha value is -1.31. The molecule has 3 aliphatic rings. The second-order valence-corrected chi connectivity index (χ2v) is 7.78. The third-order valence-corrected chi connectivity index (χ3v) is 5.88. The van der Waals surface area contributed by atoms with E-state index in [2.05, 4.69) is 20.2 Å². The van der Waals surface area contributed by atoms with Gasteiger partial charge in [-0.05, 0) is 18.2 Å². The Morgan fingerprint density at radius 1 is 1.15 bits per heavy atom. The molecule has 0 saturated carbocycles. The van der Waals surface area contributed by atoms with Crippen LogP contribution in [0, 0.1) is 0 Å². The molecular formula is C17H18Cl3N5O.